The van der Waals surface area contributed by atoms with Crippen molar-refractivity contribution in [3.63, 3.8) is 0 Å². The van der Waals surface area contributed by atoms with E-state index in [0.717, 1.165) is 22.3 Å². The Morgan fingerprint density at radius 2 is 1.52 bits per heavy atom. The molecule has 0 saturated heterocycles. The molecule has 0 spiro atoms. The molecule has 2 aromatic heterocycles. The second-order valence-corrected chi connectivity index (χ2v) is 7.17. The standard InChI is InChI=1S/C12H18N2O.C8H8N2/c1-8-6-9(2)10(13-7-8)11(15)14-12(3,4)5;1-6-3-7(2)8(4-9)10-5-6/h6-7H,1-5H3,(H,14,15);3,5H,1-2H3. The van der Waals surface area contributed by atoms with Crippen LogP contribution in [0.3, 0.4) is 0 Å². The van der Waals surface area contributed by atoms with Crippen LogP contribution < -0.4 is 5.32 Å². The van der Waals surface area contributed by atoms with Crippen LogP contribution in [0.25, 0.3) is 0 Å². The SMILES string of the molecule is Cc1cnc(C#N)c(C)c1.Cc1cnc(C(=O)NC(C)(C)C)c(C)c1. The van der Waals surface area contributed by atoms with Gasteiger partial charge in [0.25, 0.3) is 5.91 Å². The maximum absolute atomic E-state index is 11.8. The first-order valence-corrected chi connectivity index (χ1v) is 8.12. The predicted octanol–water partition coefficient (Wildman–Crippen LogP) is 3.80. The largest absolute Gasteiger partial charge is 0.346 e. The third kappa shape index (κ3) is 6.72. The number of carbonyl (C=O) groups is 1. The van der Waals surface area contributed by atoms with Crippen LogP contribution in [0.1, 0.15) is 59.2 Å². The minimum absolute atomic E-state index is 0.111. The monoisotopic (exact) mass is 338 g/mol. The van der Waals surface area contributed by atoms with E-state index in [1.807, 2.05) is 66.7 Å². The van der Waals surface area contributed by atoms with Crippen LogP contribution in [0.4, 0.5) is 0 Å². The normalized spacial score (nSPS) is 10.3. The van der Waals surface area contributed by atoms with Gasteiger partial charge in [-0.1, -0.05) is 12.1 Å². The minimum Gasteiger partial charge on any atom is -0.346 e. The summed E-state index contributed by atoms with van der Waals surface area (Å²) in [7, 11) is 0. The van der Waals surface area contributed by atoms with Gasteiger partial charge < -0.3 is 5.32 Å². The van der Waals surface area contributed by atoms with Crippen LogP contribution >= 0.6 is 0 Å². The van der Waals surface area contributed by atoms with E-state index in [-0.39, 0.29) is 11.4 Å². The Labute approximate surface area is 150 Å². The third-order valence-electron chi connectivity index (χ3n) is 3.24. The summed E-state index contributed by atoms with van der Waals surface area (Å²) in [5.41, 5.74) is 4.83. The van der Waals surface area contributed by atoms with Gasteiger partial charge in [-0.05, 0) is 70.7 Å². The molecular weight excluding hydrogens is 312 g/mol. The number of hydrogen-bond acceptors (Lipinski definition) is 4. The highest BCUT2D eigenvalue weighted by Crippen LogP contribution is 2.09. The number of nitrogens with one attached hydrogen (secondary N) is 1. The van der Waals surface area contributed by atoms with Gasteiger partial charge in [-0.25, -0.2) is 4.98 Å². The third-order valence-corrected chi connectivity index (χ3v) is 3.24. The maximum atomic E-state index is 11.8. The average molecular weight is 338 g/mol. The Morgan fingerprint density at radius 3 is 1.96 bits per heavy atom. The van der Waals surface area contributed by atoms with Crippen molar-refractivity contribution in [2.75, 3.05) is 0 Å². The lowest BCUT2D eigenvalue weighted by molar-refractivity contribution is 0.0913. The smallest absolute Gasteiger partial charge is 0.270 e. The molecule has 25 heavy (non-hydrogen) atoms. The fraction of sp³-hybridized carbons (Fsp3) is 0.400. The number of aromatic nitrogens is 2. The average Bonchev–Trinajstić information content (AvgIpc) is 2.46. The number of pyridine rings is 2. The molecule has 0 aliphatic carbocycles. The van der Waals surface area contributed by atoms with Gasteiger partial charge in [0.05, 0.1) is 0 Å². The lowest BCUT2D eigenvalue weighted by Gasteiger charge is -2.20. The molecule has 2 aromatic rings. The fourth-order valence-electron chi connectivity index (χ4n) is 2.19. The first-order valence-electron chi connectivity index (χ1n) is 8.12. The highest BCUT2D eigenvalue weighted by Gasteiger charge is 2.17. The number of nitriles is 1. The summed E-state index contributed by atoms with van der Waals surface area (Å²) in [5.74, 6) is -0.111. The molecule has 0 aromatic carbocycles. The number of hydrogen-bond donors (Lipinski definition) is 1. The quantitative estimate of drug-likeness (QED) is 0.858. The van der Waals surface area contributed by atoms with Crippen LogP contribution in [0.2, 0.25) is 0 Å². The van der Waals surface area contributed by atoms with Gasteiger partial charge in [-0.2, -0.15) is 5.26 Å². The second kappa shape index (κ2) is 8.39. The summed E-state index contributed by atoms with van der Waals surface area (Å²) in [4.78, 5) is 19.9. The molecule has 5 heteroatoms. The van der Waals surface area contributed by atoms with Gasteiger partial charge in [0.1, 0.15) is 17.5 Å². The first kappa shape index (κ1) is 20.3. The van der Waals surface area contributed by atoms with E-state index < -0.39 is 0 Å². The summed E-state index contributed by atoms with van der Waals surface area (Å²) < 4.78 is 0. The summed E-state index contributed by atoms with van der Waals surface area (Å²) in [6.45, 7) is 13.6. The number of rotatable bonds is 1. The zero-order valence-electron chi connectivity index (χ0n) is 16.1. The summed E-state index contributed by atoms with van der Waals surface area (Å²) >= 11 is 0. The van der Waals surface area contributed by atoms with E-state index in [4.69, 9.17) is 5.26 Å². The number of aryl methyl sites for hydroxylation is 4. The van der Waals surface area contributed by atoms with Crippen LogP contribution in [0.15, 0.2) is 24.5 Å². The van der Waals surface area contributed by atoms with Crippen molar-refractivity contribution in [1.82, 2.24) is 15.3 Å². The summed E-state index contributed by atoms with van der Waals surface area (Å²) in [6.07, 6.45) is 3.41. The van der Waals surface area contributed by atoms with Crippen LogP contribution in [-0.4, -0.2) is 21.4 Å². The summed E-state index contributed by atoms with van der Waals surface area (Å²) in [5, 5.41) is 11.4. The topological polar surface area (TPSA) is 78.7 Å². The van der Waals surface area contributed by atoms with Crippen molar-refractivity contribution >= 4 is 5.91 Å². The van der Waals surface area contributed by atoms with E-state index in [1.165, 1.54) is 0 Å². The lowest BCUT2D eigenvalue weighted by Crippen LogP contribution is -2.41. The molecule has 0 saturated carbocycles. The number of amides is 1. The molecule has 2 rings (SSSR count). The van der Waals surface area contributed by atoms with Crippen LogP contribution in [0.5, 0.6) is 0 Å². The molecule has 0 fully saturated rings. The van der Waals surface area contributed by atoms with Gasteiger partial charge >= 0.3 is 0 Å². The fourth-order valence-corrected chi connectivity index (χ4v) is 2.19. The van der Waals surface area contributed by atoms with E-state index in [0.29, 0.717) is 11.4 Å². The molecule has 0 atom stereocenters. The zero-order valence-corrected chi connectivity index (χ0v) is 16.1. The number of carbonyl (C=O) groups excluding carboxylic acids is 1. The summed E-state index contributed by atoms with van der Waals surface area (Å²) in [6, 6.07) is 5.92. The van der Waals surface area contributed by atoms with Gasteiger partial charge in [-0.15, -0.1) is 0 Å². The number of nitrogens with zero attached hydrogens (tertiary/aromatic N) is 3. The predicted molar refractivity (Wildman–Crippen MR) is 99.4 cm³/mol. The van der Waals surface area contributed by atoms with Gasteiger partial charge in [-0.3, -0.25) is 9.78 Å². The molecule has 132 valence electrons. The molecule has 0 aliphatic rings. The maximum Gasteiger partial charge on any atom is 0.270 e. The Kier molecular flexibility index (Phi) is 6.81. The highest BCUT2D eigenvalue weighted by molar-refractivity contribution is 5.94. The molecule has 0 bridgehead atoms. The van der Waals surface area contributed by atoms with Crippen molar-refractivity contribution < 1.29 is 4.79 Å². The molecule has 1 N–H and O–H groups in total. The van der Waals surface area contributed by atoms with Crippen molar-refractivity contribution in [2.45, 2.75) is 54.0 Å². The van der Waals surface area contributed by atoms with Crippen molar-refractivity contribution in [2.24, 2.45) is 0 Å². The van der Waals surface area contributed by atoms with E-state index in [2.05, 4.69) is 15.3 Å². The zero-order chi connectivity index (χ0) is 19.2. The van der Waals surface area contributed by atoms with Crippen molar-refractivity contribution in [1.29, 1.82) is 5.26 Å². The first-order chi connectivity index (χ1) is 11.5. The molecular formula is C20H26N4O. The van der Waals surface area contributed by atoms with E-state index >= 15 is 0 Å². The van der Waals surface area contributed by atoms with Gasteiger partial charge in [0.15, 0.2) is 0 Å². The van der Waals surface area contributed by atoms with Crippen LogP contribution in [0, 0.1) is 39.0 Å². The molecule has 0 radical (unpaired) electrons. The second-order valence-electron chi connectivity index (χ2n) is 7.17. The molecule has 0 aliphatic heterocycles. The van der Waals surface area contributed by atoms with E-state index in [9.17, 15) is 4.79 Å². The lowest BCUT2D eigenvalue weighted by atomic mass is 10.1. The Morgan fingerprint density at radius 1 is 1.00 bits per heavy atom. The van der Waals surface area contributed by atoms with Gasteiger partial charge in [0, 0.05) is 17.9 Å². The molecule has 5 nitrogen and oxygen atoms in total. The Hall–Kier alpha value is -2.74. The van der Waals surface area contributed by atoms with Crippen LogP contribution in [-0.2, 0) is 0 Å². The van der Waals surface area contributed by atoms with Crippen molar-refractivity contribution in [3.05, 3.63) is 58.2 Å². The molecule has 1 amide bonds. The Bertz CT molecular complexity index is 798. The minimum atomic E-state index is -0.226. The Balaban J connectivity index is 0.000000271. The highest BCUT2D eigenvalue weighted by atomic mass is 16.2. The van der Waals surface area contributed by atoms with E-state index in [1.54, 1.807) is 12.4 Å². The van der Waals surface area contributed by atoms with Crippen molar-refractivity contribution in [3.8, 4) is 6.07 Å². The molecule has 2 heterocycles. The molecule has 0 unspecified atom stereocenters. The van der Waals surface area contributed by atoms with Gasteiger partial charge in [0.2, 0.25) is 0 Å².